The number of ether oxygens (including phenoxy) is 1. The highest BCUT2D eigenvalue weighted by Crippen LogP contribution is 2.41. The molecule has 5 atom stereocenters. The lowest BCUT2D eigenvalue weighted by Crippen LogP contribution is -2.82. The molecule has 0 bridgehead atoms. The summed E-state index contributed by atoms with van der Waals surface area (Å²) >= 11 is 0. The number of amides is 2. The Hall–Kier alpha value is -4.08. The van der Waals surface area contributed by atoms with Crippen LogP contribution in [-0.4, -0.2) is 60.8 Å². The molecule has 2 aliphatic rings. The minimum absolute atomic E-state index is 0.0465. The summed E-state index contributed by atoms with van der Waals surface area (Å²) in [6.45, 7) is 5.56. The second-order valence-electron chi connectivity index (χ2n) is 10.6. The van der Waals surface area contributed by atoms with Crippen molar-refractivity contribution in [3.05, 3.63) is 120 Å². The highest BCUT2D eigenvalue weighted by atomic mass is 32.2. The van der Waals surface area contributed by atoms with Crippen molar-refractivity contribution in [2.45, 2.75) is 48.9 Å². The Kier molecular flexibility index (Phi) is 8.19. The van der Waals surface area contributed by atoms with Crippen molar-refractivity contribution in [2.75, 3.05) is 5.75 Å². The number of rotatable bonds is 9. The Morgan fingerprint density at radius 3 is 2.10 bits per heavy atom. The number of nitrogens with zero attached hydrogens (tertiary/aromatic N) is 1. The number of carbonyl (C=O) groups is 3. The summed E-state index contributed by atoms with van der Waals surface area (Å²) in [6, 6.07) is 24.9. The lowest BCUT2D eigenvalue weighted by molar-refractivity contribution is -0.182. The van der Waals surface area contributed by atoms with Crippen molar-refractivity contribution in [3.63, 3.8) is 0 Å². The second kappa shape index (κ2) is 11.8. The molecule has 2 amide bonds. The Balaban J connectivity index is 1.43. The van der Waals surface area contributed by atoms with Gasteiger partial charge in [-0.15, -0.1) is 6.58 Å². The molecular formula is C32H32N2O6S. The van der Waals surface area contributed by atoms with Crippen LogP contribution in [0, 0.1) is 0 Å². The average Bonchev–Trinajstić information content (AvgIpc) is 2.95. The highest BCUT2D eigenvalue weighted by molar-refractivity contribution is 7.86. The van der Waals surface area contributed by atoms with E-state index < -0.39 is 57.7 Å². The average molecular weight is 573 g/mol. The number of hydrogen-bond acceptors (Lipinski definition) is 6. The third kappa shape index (κ3) is 5.87. The summed E-state index contributed by atoms with van der Waals surface area (Å²) in [5, 5.41) is 13.5. The molecule has 3 aromatic rings. The minimum Gasteiger partial charge on any atom is -0.451 e. The second-order valence-corrected chi connectivity index (χ2v) is 12.2. The van der Waals surface area contributed by atoms with Gasteiger partial charge in [0, 0.05) is 17.2 Å². The topological polar surface area (TPSA) is 113 Å². The molecule has 8 nitrogen and oxygen atoms in total. The van der Waals surface area contributed by atoms with Crippen LogP contribution >= 0.6 is 0 Å². The summed E-state index contributed by atoms with van der Waals surface area (Å²) in [6.07, 6.45) is -0.811. The normalized spacial score (nSPS) is 25.1. The first-order chi connectivity index (χ1) is 19.7. The Labute approximate surface area is 241 Å². The van der Waals surface area contributed by atoms with Gasteiger partial charge in [0.15, 0.2) is 12.1 Å². The van der Waals surface area contributed by atoms with E-state index in [1.807, 2.05) is 78.9 Å². The third-order valence-electron chi connectivity index (χ3n) is 7.32. The van der Waals surface area contributed by atoms with E-state index in [1.54, 1.807) is 19.1 Å². The van der Waals surface area contributed by atoms with Crippen molar-refractivity contribution < 1.29 is 28.4 Å². The Morgan fingerprint density at radius 2 is 1.56 bits per heavy atom. The van der Waals surface area contributed by atoms with Crippen LogP contribution in [0.25, 0.3) is 0 Å². The van der Waals surface area contributed by atoms with E-state index in [-0.39, 0.29) is 18.6 Å². The van der Waals surface area contributed by atoms with Gasteiger partial charge in [0.1, 0.15) is 17.0 Å². The Bertz CT molecular complexity index is 1430. The molecule has 0 radical (unpaired) electrons. The standard InChI is InChI=1S/C32H32N2O6S/c1-21(2)19-32(38)20-41(39)30-26(33-25(35)18-22-12-6-3-7-13-22)29(36)34(30)28(32)31(37)40-27(23-14-8-4-9-15-23)24-16-10-5-11-17-24/h3-17,26-28,30,38H,1,18-20H2,2H3,(H,33,35)/t26-,28+,30-,32+,41?/m1/s1. The SMILES string of the molecule is C=C(C)C[C@]1(O)CS(=O)[C@@H]2[C@H](NC(=O)Cc3ccccc3)C(=O)N2[C@H]1C(=O)OC(c1ccccc1)c1ccccc1. The van der Waals surface area contributed by atoms with Crippen LogP contribution in [0.1, 0.15) is 36.1 Å². The predicted molar refractivity (Wildman–Crippen MR) is 155 cm³/mol. The molecule has 2 heterocycles. The van der Waals surface area contributed by atoms with E-state index in [0.29, 0.717) is 16.7 Å². The van der Waals surface area contributed by atoms with Gasteiger partial charge in [0.2, 0.25) is 11.8 Å². The molecule has 9 heteroatoms. The van der Waals surface area contributed by atoms with E-state index in [1.165, 1.54) is 0 Å². The molecule has 2 N–H and O–H groups in total. The number of fused-ring (bicyclic) bond motifs is 1. The molecule has 3 aromatic carbocycles. The summed E-state index contributed by atoms with van der Waals surface area (Å²) in [4.78, 5) is 41.3. The fourth-order valence-corrected chi connectivity index (χ4v) is 7.51. The lowest BCUT2D eigenvalue weighted by Gasteiger charge is -2.56. The van der Waals surface area contributed by atoms with Gasteiger partial charge in [-0.1, -0.05) is 96.6 Å². The molecule has 2 aliphatic heterocycles. The van der Waals surface area contributed by atoms with Gasteiger partial charge in [0.25, 0.3) is 0 Å². The number of esters is 1. The molecule has 0 spiro atoms. The number of benzene rings is 3. The number of hydrogen-bond donors (Lipinski definition) is 2. The zero-order chi connectivity index (χ0) is 29.1. The molecule has 0 aliphatic carbocycles. The van der Waals surface area contributed by atoms with Gasteiger partial charge < -0.3 is 20.1 Å². The first kappa shape index (κ1) is 28.4. The summed E-state index contributed by atoms with van der Waals surface area (Å²) < 4.78 is 19.5. The van der Waals surface area contributed by atoms with Gasteiger partial charge in [-0.2, -0.15) is 0 Å². The van der Waals surface area contributed by atoms with E-state index >= 15 is 0 Å². The van der Waals surface area contributed by atoms with E-state index in [2.05, 4.69) is 11.9 Å². The maximum absolute atomic E-state index is 14.0. The molecule has 2 saturated heterocycles. The highest BCUT2D eigenvalue weighted by Gasteiger charge is 2.65. The maximum atomic E-state index is 14.0. The van der Waals surface area contributed by atoms with Crippen LogP contribution in [-0.2, 0) is 36.3 Å². The van der Waals surface area contributed by atoms with Crippen LogP contribution in [0.3, 0.4) is 0 Å². The quantitative estimate of drug-likeness (QED) is 0.232. The molecule has 1 unspecified atom stereocenters. The van der Waals surface area contributed by atoms with Crippen LogP contribution < -0.4 is 5.32 Å². The van der Waals surface area contributed by atoms with E-state index in [0.717, 1.165) is 10.5 Å². The van der Waals surface area contributed by atoms with Crippen molar-refractivity contribution in [3.8, 4) is 0 Å². The summed E-state index contributed by atoms with van der Waals surface area (Å²) in [7, 11) is -1.76. The molecular weight excluding hydrogens is 540 g/mol. The minimum atomic E-state index is -1.86. The zero-order valence-electron chi connectivity index (χ0n) is 22.6. The number of carbonyl (C=O) groups excluding carboxylic acids is 3. The zero-order valence-corrected chi connectivity index (χ0v) is 23.5. The summed E-state index contributed by atoms with van der Waals surface area (Å²) in [5.74, 6) is -2.10. The molecule has 0 aromatic heterocycles. The first-order valence-corrected chi connectivity index (χ1v) is 14.8. The van der Waals surface area contributed by atoms with Gasteiger partial charge in [-0.3, -0.25) is 13.8 Å². The number of aliphatic hydroxyl groups is 1. The van der Waals surface area contributed by atoms with E-state index in [4.69, 9.17) is 4.74 Å². The predicted octanol–water partition coefficient (Wildman–Crippen LogP) is 3.04. The van der Waals surface area contributed by atoms with Crippen LogP contribution in [0.4, 0.5) is 0 Å². The first-order valence-electron chi connectivity index (χ1n) is 13.4. The van der Waals surface area contributed by atoms with Crippen LogP contribution in [0.15, 0.2) is 103 Å². The molecule has 212 valence electrons. The lowest BCUT2D eigenvalue weighted by atomic mass is 9.85. The molecule has 5 rings (SSSR count). The van der Waals surface area contributed by atoms with Crippen LogP contribution in [0.5, 0.6) is 0 Å². The van der Waals surface area contributed by atoms with Gasteiger partial charge >= 0.3 is 5.97 Å². The fraction of sp³-hybridized carbons (Fsp3) is 0.281. The smallest absolute Gasteiger partial charge is 0.332 e. The van der Waals surface area contributed by atoms with Crippen molar-refractivity contribution in [1.29, 1.82) is 0 Å². The fourth-order valence-electron chi connectivity index (χ4n) is 5.62. The summed E-state index contributed by atoms with van der Waals surface area (Å²) in [5.41, 5.74) is 0.893. The molecule has 0 saturated carbocycles. The van der Waals surface area contributed by atoms with Gasteiger partial charge in [-0.25, -0.2) is 4.79 Å². The van der Waals surface area contributed by atoms with Gasteiger partial charge in [0.05, 0.1) is 12.2 Å². The number of β-lactam (4-membered cyclic amide) rings is 1. The number of nitrogens with one attached hydrogen (secondary N) is 1. The Morgan fingerprint density at radius 1 is 1.02 bits per heavy atom. The maximum Gasteiger partial charge on any atom is 0.332 e. The van der Waals surface area contributed by atoms with Crippen molar-refractivity contribution in [2.24, 2.45) is 0 Å². The van der Waals surface area contributed by atoms with Crippen molar-refractivity contribution in [1.82, 2.24) is 10.2 Å². The third-order valence-corrected chi connectivity index (χ3v) is 9.14. The largest absolute Gasteiger partial charge is 0.451 e. The van der Waals surface area contributed by atoms with Crippen LogP contribution in [0.2, 0.25) is 0 Å². The van der Waals surface area contributed by atoms with Crippen molar-refractivity contribution >= 4 is 28.6 Å². The van der Waals surface area contributed by atoms with E-state index in [9.17, 15) is 23.7 Å². The van der Waals surface area contributed by atoms with Gasteiger partial charge in [-0.05, 0) is 23.6 Å². The monoisotopic (exact) mass is 572 g/mol. The molecule has 2 fully saturated rings. The molecule has 41 heavy (non-hydrogen) atoms.